The molecule has 2 rings (SSSR count). The van der Waals surface area contributed by atoms with Gasteiger partial charge in [0.25, 0.3) is 5.56 Å². The van der Waals surface area contributed by atoms with Crippen LogP contribution in [-0.4, -0.2) is 14.9 Å². The molecule has 0 aliphatic rings. The lowest BCUT2D eigenvalue weighted by atomic mass is 10.2. The Balaban J connectivity index is 3.07. The van der Waals surface area contributed by atoms with Gasteiger partial charge in [-0.15, -0.1) is 0 Å². The zero-order valence-corrected chi connectivity index (χ0v) is 8.98. The highest BCUT2D eigenvalue weighted by Crippen LogP contribution is 2.10. The first kappa shape index (κ1) is 9.25. The van der Waals surface area contributed by atoms with Crippen molar-refractivity contribution < 1.29 is 5.21 Å². The topological polar surface area (TPSA) is 75.1 Å². The molecule has 0 aliphatic carbocycles. The van der Waals surface area contributed by atoms with E-state index in [1.165, 1.54) is 0 Å². The number of aromatic amines is 1. The average Bonchev–Trinajstić information content (AvgIpc) is 2.16. The summed E-state index contributed by atoms with van der Waals surface area (Å²) in [6.45, 7) is 0. The zero-order chi connectivity index (χ0) is 10.3. The summed E-state index contributed by atoms with van der Waals surface area (Å²) in [4.78, 5) is 24.8. The molecule has 5 nitrogen and oxygen atoms in total. The Morgan fingerprint density at radius 2 is 2.07 bits per heavy atom. The maximum Gasteiger partial charge on any atom is 0.362 e. The minimum Gasteiger partial charge on any atom is -0.421 e. The number of aromatic nitrogens is 2. The first-order valence-electron chi connectivity index (χ1n) is 3.73. The van der Waals surface area contributed by atoms with Crippen LogP contribution in [0.15, 0.2) is 27.8 Å². The van der Waals surface area contributed by atoms with E-state index in [0.29, 0.717) is 10.9 Å². The lowest BCUT2D eigenvalue weighted by Crippen LogP contribution is -2.33. The minimum atomic E-state index is -0.830. The molecule has 0 fully saturated rings. The van der Waals surface area contributed by atoms with E-state index in [4.69, 9.17) is 5.21 Å². The molecule has 72 valence electrons. The quantitative estimate of drug-likeness (QED) is 0.551. The number of H-pyrrole nitrogens is 1. The highest BCUT2D eigenvalue weighted by molar-refractivity contribution is 14.1. The molecule has 0 saturated heterocycles. The van der Waals surface area contributed by atoms with Crippen LogP contribution in [0, 0.1) is 3.57 Å². The number of nitrogens with one attached hydrogen (secondary N) is 1. The number of halogens is 1. The Morgan fingerprint density at radius 1 is 1.36 bits per heavy atom. The van der Waals surface area contributed by atoms with Gasteiger partial charge in [0.1, 0.15) is 0 Å². The van der Waals surface area contributed by atoms with Crippen molar-refractivity contribution in [3.05, 3.63) is 42.6 Å². The van der Waals surface area contributed by atoms with E-state index in [9.17, 15) is 9.59 Å². The second-order valence-electron chi connectivity index (χ2n) is 2.74. The number of fused-ring (bicyclic) bond motifs is 1. The monoisotopic (exact) mass is 304 g/mol. The summed E-state index contributed by atoms with van der Waals surface area (Å²) in [7, 11) is 0. The minimum absolute atomic E-state index is 0.0679. The van der Waals surface area contributed by atoms with Crippen molar-refractivity contribution in [2.24, 2.45) is 0 Å². The van der Waals surface area contributed by atoms with Crippen molar-refractivity contribution in [2.75, 3.05) is 0 Å². The summed E-state index contributed by atoms with van der Waals surface area (Å²) in [5, 5.41) is 9.34. The standard InChI is InChI=1S/C8H5IN2O3/c9-4-1-2-6-5(3-4)7(12)11(14)8(13)10-6/h1-3,14H,(H,10,13). The van der Waals surface area contributed by atoms with Crippen LogP contribution in [0.4, 0.5) is 0 Å². The molecule has 2 aromatic rings. The summed E-state index contributed by atoms with van der Waals surface area (Å²) in [5.74, 6) is 0. The zero-order valence-electron chi connectivity index (χ0n) is 6.82. The van der Waals surface area contributed by atoms with E-state index >= 15 is 0 Å². The number of benzene rings is 1. The van der Waals surface area contributed by atoms with Crippen molar-refractivity contribution in [1.29, 1.82) is 0 Å². The lowest BCUT2D eigenvalue weighted by molar-refractivity contribution is 0.162. The molecule has 0 bridgehead atoms. The summed E-state index contributed by atoms with van der Waals surface area (Å²) in [6, 6.07) is 4.99. The normalized spacial score (nSPS) is 10.6. The van der Waals surface area contributed by atoms with Crippen LogP contribution in [0.25, 0.3) is 10.9 Å². The number of hydrogen-bond acceptors (Lipinski definition) is 3. The highest BCUT2D eigenvalue weighted by atomic mass is 127. The second kappa shape index (κ2) is 3.12. The molecular weight excluding hydrogens is 299 g/mol. The van der Waals surface area contributed by atoms with Crippen LogP contribution in [0.2, 0.25) is 0 Å². The van der Waals surface area contributed by atoms with Gasteiger partial charge in [0.05, 0.1) is 10.9 Å². The summed E-state index contributed by atoms with van der Waals surface area (Å²) < 4.78 is 0.928. The van der Waals surface area contributed by atoms with Crippen LogP contribution in [0.5, 0.6) is 0 Å². The Kier molecular flexibility index (Phi) is 2.06. The highest BCUT2D eigenvalue weighted by Gasteiger charge is 2.05. The van der Waals surface area contributed by atoms with Crippen molar-refractivity contribution >= 4 is 33.5 Å². The molecule has 0 radical (unpaired) electrons. The predicted molar refractivity (Wildman–Crippen MR) is 58.7 cm³/mol. The van der Waals surface area contributed by atoms with Gasteiger partial charge in [0.2, 0.25) is 0 Å². The van der Waals surface area contributed by atoms with Gasteiger partial charge >= 0.3 is 5.69 Å². The smallest absolute Gasteiger partial charge is 0.362 e. The van der Waals surface area contributed by atoms with Gasteiger partial charge in [0, 0.05) is 3.57 Å². The van der Waals surface area contributed by atoms with Crippen LogP contribution in [-0.2, 0) is 0 Å². The van der Waals surface area contributed by atoms with Gasteiger partial charge in [-0.2, -0.15) is 0 Å². The molecule has 0 amide bonds. The van der Waals surface area contributed by atoms with Crippen LogP contribution >= 0.6 is 22.6 Å². The van der Waals surface area contributed by atoms with Crippen LogP contribution in [0.3, 0.4) is 0 Å². The molecule has 0 spiro atoms. The van der Waals surface area contributed by atoms with E-state index < -0.39 is 11.2 Å². The molecule has 14 heavy (non-hydrogen) atoms. The Morgan fingerprint density at radius 3 is 2.79 bits per heavy atom. The number of rotatable bonds is 0. The molecule has 6 heteroatoms. The largest absolute Gasteiger partial charge is 0.421 e. The third kappa shape index (κ3) is 1.31. The van der Waals surface area contributed by atoms with Crippen LogP contribution < -0.4 is 11.2 Å². The molecule has 1 aromatic heterocycles. The van der Waals surface area contributed by atoms with Crippen molar-refractivity contribution in [3.63, 3.8) is 0 Å². The Bertz CT molecular complexity index is 614. The average molecular weight is 304 g/mol. The molecule has 0 atom stereocenters. The van der Waals surface area contributed by atoms with Gasteiger partial charge in [-0.25, -0.2) is 4.79 Å². The Labute approximate surface area is 91.1 Å². The molecule has 2 N–H and O–H groups in total. The fourth-order valence-corrected chi connectivity index (χ4v) is 1.67. The SMILES string of the molecule is O=c1[nH]c2ccc(I)cc2c(=O)n1O. The Hall–Kier alpha value is -1.31. The van der Waals surface area contributed by atoms with Crippen LogP contribution in [0.1, 0.15) is 0 Å². The number of hydrogen-bond donors (Lipinski definition) is 2. The third-order valence-corrected chi connectivity index (χ3v) is 2.51. The first-order chi connectivity index (χ1) is 6.59. The van der Waals surface area contributed by atoms with E-state index in [1.807, 2.05) is 22.6 Å². The fraction of sp³-hybridized carbons (Fsp3) is 0. The predicted octanol–water partition coefficient (Wildman–Crippen LogP) is 0.532. The van der Waals surface area contributed by atoms with Crippen molar-refractivity contribution in [2.45, 2.75) is 0 Å². The van der Waals surface area contributed by atoms with Gasteiger partial charge in [-0.3, -0.25) is 4.79 Å². The molecule has 1 aromatic carbocycles. The molecule has 0 aliphatic heterocycles. The molecule has 0 unspecified atom stereocenters. The molecule has 1 heterocycles. The van der Waals surface area contributed by atoms with Gasteiger partial charge in [0.15, 0.2) is 0 Å². The van der Waals surface area contributed by atoms with Crippen molar-refractivity contribution in [1.82, 2.24) is 9.71 Å². The third-order valence-electron chi connectivity index (χ3n) is 1.84. The van der Waals surface area contributed by atoms with E-state index in [-0.39, 0.29) is 4.73 Å². The van der Waals surface area contributed by atoms with Gasteiger partial charge in [-0.05, 0) is 40.8 Å². The van der Waals surface area contributed by atoms with Gasteiger partial charge < -0.3 is 10.2 Å². The summed E-state index contributed by atoms with van der Waals surface area (Å²) in [6.07, 6.45) is 0. The van der Waals surface area contributed by atoms with Crippen molar-refractivity contribution in [3.8, 4) is 0 Å². The second-order valence-corrected chi connectivity index (χ2v) is 3.98. The van der Waals surface area contributed by atoms with E-state index in [0.717, 1.165) is 3.57 Å². The maximum absolute atomic E-state index is 11.4. The first-order valence-corrected chi connectivity index (χ1v) is 4.81. The van der Waals surface area contributed by atoms with E-state index in [2.05, 4.69) is 4.98 Å². The molecule has 0 saturated carbocycles. The number of nitrogens with zero attached hydrogens (tertiary/aromatic N) is 1. The van der Waals surface area contributed by atoms with Gasteiger partial charge in [-0.1, -0.05) is 4.73 Å². The fourth-order valence-electron chi connectivity index (χ4n) is 1.18. The lowest BCUT2D eigenvalue weighted by Gasteiger charge is -1.99. The maximum atomic E-state index is 11.4. The van der Waals surface area contributed by atoms with E-state index in [1.54, 1.807) is 18.2 Å². The summed E-state index contributed by atoms with van der Waals surface area (Å²) >= 11 is 2.04. The summed E-state index contributed by atoms with van der Waals surface area (Å²) in [5.41, 5.74) is -1.11. The molecular formula is C8H5IN2O3.